The number of hydrogen-bond acceptors (Lipinski definition) is 5. The van der Waals surface area contributed by atoms with Gasteiger partial charge in [0, 0.05) is 42.6 Å². The summed E-state index contributed by atoms with van der Waals surface area (Å²) in [6.45, 7) is 1.58. The van der Waals surface area contributed by atoms with E-state index in [1.807, 2.05) is 0 Å². The summed E-state index contributed by atoms with van der Waals surface area (Å²) < 4.78 is 5.80. The average Bonchev–Trinajstić information content (AvgIpc) is 2.32. The topological polar surface area (TPSA) is 76.1 Å². The van der Waals surface area contributed by atoms with Gasteiger partial charge < -0.3 is 15.4 Å². The van der Waals surface area contributed by atoms with E-state index in [0.29, 0.717) is 32.1 Å². The van der Waals surface area contributed by atoms with Gasteiger partial charge in [0.2, 0.25) is 11.9 Å². The molecule has 0 aliphatic heterocycles. The van der Waals surface area contributed by atoms with Crippen LogP contribution in [0.5, 0.6) is 0 Å². The average molecular weight is 350 g/mol. The van der Waals surface area contributed by atoms with Gasteiger partial charge in [-0.05, 0) is 22.6 Å². The molecule has 0 saturated carbocycles. The Morgan fingerprint density at radius 2 is 2.12 bits per heavy atom. The summed E-state index contributed by atoms with van der Waals surface area (Å²) in [5, 5.41) is 5.71. The Morgan fingerprint density at radius 3 is 2.76 bits per heavy atom. The highest BCUT2D eigenvalue weighted by molar-refractivity contribution is 14.1. The summed E-state index contributed by atoms with van der Waals surface area (Å²) >= 11 is 2.13. The highest BCUT2D eigenvalue weighted by Gasteiger charge is 2.01. The third-order valence-corrected chi connectivity index (χ3v) is 2.44. The Kier molecular flexibility index (Phi) is 6.78. The number of halogens is 1. The lowest BCUT2D eigenvalue weighted by Gasteiger charge is -2.05. The quantitative estimate of drug-likeness (QED) is 0.558. The zero-order valence-corrected chi connectivity index (χ0v) is 11.7. The van der Waals surface area contributed by atoms with E-state index in [9.17, 15) is 4.79 Å². The minimum absolute atomic E-state index is 0.0138. The second-order valence-corrected chi connectivity index (χ2v) is 4.49. The van der Waals surface area contributed by atoms with E-state index in [1.54, 1.807) is 19.5 Å². The maximum Gasteiger partial charge on any atom is 0.222 e. The molecule has 0 unspecified atom stereocenters. The van der Waals surface area contributed by atoms with Gasteiger partial charge in [0.1, 0.15) is 0 Å². The molecular formula is C10H15IN4O2. The Labute approximate surface area is 114 Å². The SMILES string of the molecule is COCCNC(=O)CCNc1ncc(I)cn1. The number of rotatable bonds is 7. The van der Waals surface area contributed by atoms with Crippen LogP contribution in [0.1, 0.15) is 6.42 Å². The predicted molar refractivity (Wildman–Crippen MR) is 72.7 cm³/mol. The summed E-state index contributed by atoms with van der Waals surface area (Å²) in [5.74, 6) is 0.523. The van der Waals surface area contributed by atoms with Crippen LogP contribution in [-0.4, -0.2) is 42.7 Å². The number of hydrogen-bond donors (Lipinski definition) is 2. The van der Waals surface area contributed by atoms with Crippen molar-refractivity contribution < 1.29 is 9.53 Å². The number of aromatic nitrogens is 2. The van der Waals surface area contributed by atoms with Crippen LogP contribution < -0.4 is 10.6 Å². The molecule has 0 saturated heterocycles. The maximum atomic E-state index is 11.3. The number of anilines is 1. The normalized spacial score (nSPS) is 10.0. The first-order valence-electron chi connectivity index (χ1n) is 5.19. The van der Waals surface area contributed by atoms with Crippen molar-refractivity contribution in [2.75, 3.05) is 32.1 Å². The molecule has 6 nitrogen and oxygen atoms in total. The van der Waals surface area contributed by atoms with E-state index in [1.165, 1.54) is 0 Å². The van der Waals surface area contributed by atoms with Crippen LogP contribution in [-0.2, 0) is 9.53 Å². The lowest BCUT2D eigenvalue weighted by Crippen LogP contribution is -2.28. The predicted octanol–water partition coefficient (Wildman–Crippen LogP) is 0.646. The van der Waals surface area contributed by atoms with Crippen molar-refractivity contribution >= 4 is 34.4 Å². The molecule has 94 valence electrons. The molecule has 0 atom stereocenters. The second-order valence-electron chi connectivity index (χ2n) is 3.24. The zero-order chi connectivity index (χ0) is 12.5. The van der Waals surface area contributed by atoms with Crippen molar-refractivity contribution in [2.45, 2.75) is 6.42 Å². The third-order valence-electron chi connectivity index (χ3n) is 1.88. The van der Waals surface area contributed by atoms with Crippen LogP contribution in [0.3, 0.4) is 0 Å². The fourth-order valence-corrected chi connectivity index (χ4v) is 1.35. The van der Waals surface area contributed by atoms with Crippen molar-refractivity contribution in [1.82, 2.24) is 15.3 Å². The van der Waals surface area contributed by atoms with Crippen molar-refractivity contribution in [3.63, 3.8) is 0 Å². The number of carbonyl (C=O) groups is 1. The van der Waals surface area contributed by atoms with Gasteiger partial charge in [-0.25, -0.2) is 9.97 Å². The minimum Gasteiger partial charge on any atom is -0.383 e. The first kappa shape index (κ1) is 14.1. The molecule has 1 aromatic heterocycles. The highest BCUT2D eigenvalue weighted by Crippen LogP contribution is 2.02. The summed E-state index contributed by atoms with van der Waals surface area (Å²) in [4.78, 5) is 19.5. The van der Waals surface area contributed by atoms with E-state index in [2.05, 4.69) is 43.2 Å². The molecule has 2 N–H and O–H groups in total. The first-order chi connectivity index (χ1) is 8.22. The Bertz CT molecular complexity index is 345. The van der Waals surface area contributed by atoms with Crippen molar-refractivity contribution in [3.05, 3.63) is 16.0 Å². The number of methoxy groups -OCH3 is 1. The number of amides is 1. The van der Waals surface area contributed by atoms with E-state index >= 15 is 0 Å². The number of nitrogens with one attached hydrogen (secondary N) is 2. The van der Waals surface area contributed by atoms with Crippen molar-refractivity contribution in [2.24, 2.45) is 0 Å². The summed E-state index contributed by atoms with van der Waals surface area (Å²) in [7, 11) is 1.60. The molecule has 1 amide bonds. The van der Waals surface area contributed by atoms with Gasteiger partial charge in [-0.2, -0.15) is 0 Å². The van der Waals surface area contributed by atoms with Gasteiger partial charge >= 0.3 is 0 Å². The van der Waals surface area contributed by atoms with Gasteiger partial charge in [0.05, 0.1) is 6.61 Å². The standard InChI is InChI=1S/C10H15IN4O2/c1-17-5-4-12-9(16)2-3-13-10-14-6-8(11)7-15-10/h6-7H,2-5H2,1H3,(H,12,16)(H,13,14,15). The fourth-order valence-electron chi connectivity index (χ4n) is 1.07. The third kappa shape index (κ3) is 6.37. The van der Waals surface area contributed by atoms with E-state index in [-0.39, 0.29) is 5.91 Å². The zero-order valence-electron chi connectivity index (χ0n) is 9.57. The molecule has 0 fully saturated rings. The van der Waals surface area contributed by atoms with Gasteiger partial charge in [-0.15, -0.1) is 0 Å². The van der Waals surface area contributed by atoms with Gasteiger partial charge in [0.25, 0.3) is 0 Å². The van der Waals surface area contributed by atoms with Gasteiger partial charge in [-0.3, -0.25) is 4.79 Å². The molecule has 0 aliphatic carbocycles. The number of carbonyl (C=O) groups excluding carboxylic acids is 1. The van der Waals surface area contributed by atoms with Crippen LogP contribution in [0.4, 0.5) is 5.95 Å². The van der Waals surface area contributed by atoms with Gasteiger partial charge in [0.15, 0.2) is 0 Å². The lowest BCUT2D eigenvalue weighted by molar-refractivity contribution is -0.121. The van der Waals surface area contributed by atoms with Crippen LogP contribution in [0, 0.1) is 3.57 Å². The summed E-state index contributed by atoms with van der Waals surface area (Å²) in [6.07, 6.45) is 3.82. The Morgan fingerprint density at radius 1 is 1.41 bits per heavy atom. The molecule has 0 spiro atoms. The van der Waals surface area contributed by atoms with Crippen molar-refractivity contribution in [1.29, 1.82) is 0 Å². The Balaban J connectivity index is 2.14. The van der Waals surface area contributed by atoms with E-state index < -0.39 is 0 Å². The van der Waals surface area contributed by atoms with E-state index in [0.717, 1.165) is 3.57 Å². The molecule has 1 heterocycles. The first-order valence-corrected chi connectivity index (χ1v) is 6.27. The molecule has 0 aliphatic rings. The molecular weight excluding hydrogens is 335 g/mol. The summed E-state index contributed by atoms with van der Waals surface area (Å²) in [5.41, 5.74) is 0. The molecule has 1 aromatic rings. The van der Waals surface area contributed by atoms with Crippen LogP contribution >= 0.6 is 22.6 Å². The van der Waals surface area contributed by atoms with Crippen LogP contribution in [0.2, 0.25) is 0 Å². The van der Waals surface area contributed by atoms with E-state index in [4.69, 9.17) is 4.74 Å². The lowest BCUT2D eigenvalue weighted by atomic mass is 10.4. The summed E-state index contributed by atoms with van der Waals surface area (Å²) in [6, 6.07) is 0. The maximum absolute atomic E-state index is 11.3. The molecule has 0 aromatic carbocycles. The molecule has 1 rings (SSSR count). The van der Waals surface area contributed by atoms with Crippen molar-refractivity contribution in [3.8, 4) is 0 Å². The number of nitrogens with zero attached hydrogens (tertiary/aromatic N) is 2. The molecule has 0 bridgehead atoms. The monoisotopic (exact) mass is 350 g/mol. The largest absolute Gasteiger partial charge is 0.383 e. The smallest absolute Gasteiger partial charge is 0.222 e. The molecule has 0 radical (unpaired) electrons. The second kappa shape index (κ2) is 8.18. The highest BCUT2D eigenvalue weighted by atomic mass is 127. The Hall–Kier alpha value is -0.960. The van der Waals surface area contributed by atoms with Crippen LogP contribution in [0.15, 0.2) is 12.4 Å². The molecule has 7 heteroatoms. The number of ether oxygens (including phenoxy) is 1. The minimum atomic E-state index is -0.0138. The molecule has 17 heavy (non-hydrogen) atoms. The van der Waals surface area contributed by atoms with Crippen LogP contribution in [0.25, 0.3) is 0 Å². The fraction of sp³-hybridized carbons (Fsp3) is 0.500. The van der Waals surface area contributed by atoms with Gasteiger partial charge in [-0.1, -0.05) is 0 Å².